The predicted molar refractivity (Wildman–Crippen MR) is 41.9 cm³/mol. The van der Waals surface area contributed by atoms with Gasteiger partial charge in [-0.1, -0.05) is 0 Å². The standard InChI is InChI=1S/C8H14N2O/c9-5-7(11)10-4-3-8(6-10)1-2-8/h1-6,9H2. The van der Waals surface area contributed by atoms with E-state index >= 15 is 0 Å². The highest BCUT2D eigenvalue weighted by atomic mass is 16.2. The van der Waals surface area contributed by atoms with Crippen LogP contribution in [0, 0.1) is 5.41 Å². The SMILES string of the molecule is NCC(=O)N1CCC2(CC2)C1. The van der Waals surface area contributed by atoms with E-state index < -0.39 is 0 Å². The zero-order valence-corrected chi connectivity index (χ0v) is 6.68. The first kappa shape index (κ1) is 7.10. The molecule has 2 rings (SSSR count). The van der Waals surface area contributed by atoms with Crippen molar-refractivity contribution in [3.05, 3.63) is 0 Å². The van der Waals surface area contributed by atoms with E-state index in [4.69, 9.17) is 5.73 Å². The molecule has 1 spiro atoms. The third-order valence-corrected chi connectivity index (χ3v) is 2.92. The van der Waals surface area contributed by atoms with Gasteiger partial charge in [-0.25, -0.2) is 0 Å². The fourth-order valence-electron chi connectivity index (χ4n) is 1.86. The van der Waals surface area contributed by atoms with Gasteiger partial charge in [0, 0.05) is 13.1 Å². The van der Waals surface area contributed by atoms with E-state index in [-0.39, 0.29) is 12.5 Å². The maximum absolute atomic E-state index is 11.1. The van der Waals surface area contributed by atoms with Crippen molar-refractivity contribution in [2.75, 3.05) is 19.6 Å². The molecule has 0 unspecified atom stereocenters. The molecule has 1 aliphatic heterocycles. The Labute approximate surface area is 66.5 Å². The molecular formula is C8H14N2O. The van der Waals surface area contributed by atoms with E-state index in [1.54, 1.807) is 0 Å². The first-order valence-electron chi connectivity index (χ1n) is 4.24. The van der Waals surface area contributed by atoms with E-state index in [1.807, 2.05) is 4.90 Å². The second-order valence-electron chi connectivity index (χ2n) is 3.77. The highest BCUT2D eigenvalue weighted by Gasteiger charge is 2.48. The van der Waals surface area contributed by atoms with Gasteiger partial charge in [0.2, 0.25) is 5.91 Å². The van der Waals surface area contributed by atoms with Crippen LogP contribution in [0.4, 0.5) is 0 Å². The molecule has 62 valence electrons. The highest BCUT2D eigenvalue weighted by molar-refractivity contribution is 5.78. The topological polar surface area (TPSA) is 46.3 Å². The van der Waals surface area contributed by atoms with Crippen LogP contribution >= 0.6 is 0 Å². The summed E-state index contributed by atoms with van der Waals surface area (Å²) in [6.45, 7) is 2.09. The Bertz CT molecular complexity index is 187. The van der Waals surface area contributed by atoms with Crippen molar-refractivity contribution in [3.63, 3.8) is 0 Å². The molecule has 11 heavy (non-hydrogen) atoms. The lowest BCUT2D eigenvalue weighted by Gasteiger charge is -2.14. The first-order chi connectivity index (χ1) is 5.26. The van der Waals surface area contributed by atoms with Crippen LogP contribution in [0.3, 0.4) is 0 Å². The number of carbonyl (C=O) groups excluding carboxylic acids is 1. The molecule has 0 aromatic heterocycles. The Balaban J connectivity index is 1.94. The molecule has 1 saturated heterocycles. The number of nitrogens with two attached hydrogens (primary N) is 1. The molecule has 0 bridgehead atoms. The largest absolute Gasteiger partial charge is 0.341 e. The molecule has 3 nitrogen and oxygen atoms in total. The molecule has 2 fully saturated rings. The average Bonchev–Trinajstić information content (AvgIpc) is 2.61. The van der Waals surface area contributed by atoms with Crippen LogP contribution in [-0.2, 0) is 4.79 Å². The monoisotopic (exact) mass is 154 g/mol. The fraction of sp³-hybridized carbons (Fsp3) is 0.875. The van der Waals surface area contributed by atoms with Crippen LogP contribution in [0.1, 0.15) is 19.3 Å². The minimum atomic E-state index is 0.119. The normalized spacial score (nSPS) is 26.1. The van der Waals surface area contributed by atoms with Crippen molar-refractivity contribution < 1.29 is 4.79 Å². The van der Waals surface area contributed by atoms with Crippen molar-refractivity contribution in [2.24, 2.45) is 11.1 Å². The second kappa shape index (κ2) is 2.21. The van der Waals surface area contributed by atoms with Gasteiger partial charge in [0.25, 0.3) is 0 Å². The van der Waals surface area contributed by atoms with Crippen molar-refractivity contribution in [3.8, 4) is 0 Å². The fourth-order valence-corrected chi connectivity index (χ4v) is 1.86. The number of nitrogens with zero attached hydrogens (tertiary/aromatic N) is 1. The van der Waals surface area contributed by atoms with Gasteiger partial charge in [0.15, 0.2) is 0 Å². The van der Waals surface area contributed by atoms with Gasteiger partial charge >= 0.3 is 0 Å². The molecule has 2 aliphatic rings. The molecule has 1 aliphatic carbocycles. The number of rotatable bonds is 1. The maximum Gasteiger partial charge on any atom is 0.236 e. The summed E-state index contributed by atoms with van der Waals surface area (Å²) in [4.78, 5) is 13.0. The summed E-state index contributed by atoms with van der Waals surface area (Å²) in [6, 6.07) is 0. The van der Waals surface area contributed by atoms with Gasteiger partial charge in [-0.15, -0.1) is 0 Å². The van der Waals surface area contributed by atoms with Crippen LogP contribution in [0.5, 0.6) is 0 Å². The average molecular weight is 154 g/mol. The quantitative estimate of drug-likeness (QED) is 0.576. The van der Waals surface area contributed by atoms with Crippen LogP contribution in [0.15, 0.2) is 0 Å². The van der Waals surface area contributed by atoms with Gasteiger partial charge in [-0.05, 0) is 24.7 Å². The zero-order chi connectivity index (χ0) is 7.90. The van der Waals surface area contributed by atoms with E-state index in [9.17, 15) is 4.79 Å². The smallest absolute Gasteiger partial charge is 0.236 e. The van der Waals surface area contributed by atoms with Gasteiger partial charge in [0.05, 0.1) is 6.54 Å². The Morgan fingerprint density at radius 3 is 2.64 bits per heavy atom. The van der Waals surface area contributed by atoms with Gasteiger partial charge in [0.1, 0.15) is 0 Å². The number of hydrogen-bond acceptors (Lipinski definition) is 2. The Morgan fingerprint density at radius 2 is 2.18 bits per heavy atom. The first-order valence-corrected chi connectivity index (χ1v) is 4.24. The molecule has 3 heteroatoms. The Hall–Kier alpha value is -0.570. The van der Waals surface area contributed by atoms with E-state index in [0.717, 1.165) is 13.1 Å². The Morgan fingerprint density at radius 1 is 1.45 bits per heavy atom. The molecule has 0 aromatic rings. The number of amides is 1. The molecule has 1 saturated carbocycles. The maximum atomic E-state index is 11.1. The number of hydrogen-bond donors (Lipinski definition) is 1. The Kier molecular flexibility index (Phi) is 1.42. The summed E-state index contributed by atoms with van der Waals surface area (Å²) < 4.78 is 0. The minimum absolute atomic E-state index is 0.119. The van der Waals surface area contributed by atoms with E-state index in [1.165, 1.54) is 19.3 Å². The molecule has 2 N–H and O–H groups in total. The van der Waals surface area contributed by atoms with Crippen LogP contribution in [0.25, 0.3) is 0 Å². The molecule has 0 atom stereocenters. The number of carbonyl (C=O) groups is 1. The minimum Gasteiger partial charge on any atom is -0.341 e. The molecule has 1 amide bonds. The molecule has 0 aromatic carbocycles. The summed E-state index contributed by atoms with van der Waals surface area (Å²) in [6.07, 6.45) is 3.85. The lowest BCUT2D eigenvalue weighted by molar-refractivity contribution is -0.128. The summed E-state index contributed by atoms with van der Waals surface area (Å²) in [5.41, 5.74) is 5.82. The zero-order valence-electron chi connectivity index (χ0n) is 6.68. The van der Waals surface area contributed by atoms with Crippen molar-refractivity contribution in [1.29, 1.82) is 0 Å². The highest BCUT2D eigenvalue weighted by Crippen LogP contribution is 2.52. The van der Waals surface area contributed by atoms with Gasteiger partial charge in [-0.2, -0.15) is 0 Å². The third-order valence-electron chi connectivity index (χ3n) is 2.92. The van der Waals surface area contributed by atoms with E-state index in [0.29, 0.717) is 5.41 Å². The van der Waals surface area contributed by atoms with Crippen LogP contribution in [0.2, 0.25) is 0 Å². The second-order valence-corrected chi connectivity index (χ2v) is 3.77. The predicted octanol–water partition coefficient (Wildman–Crippen LogP) is -0.0424. The summed E-state index contributed by atoms with van der Waals surface area (Å²) in [5, 5.41) is 0. The number of likely N-dealkylation sites (tertiary alicyclic amines) is 1. The molecule has 1 heterocycles. The summed E-state index contributed by atoms with van der Waals surface area (Å²) >= 11 is 0. The lowest BCUT2D eigenvalue weighted by Crippen LogP contribution is -2.34. The summed E-state index contributed by atoms with van der Waals surface area (Å²) in [7, 11) is 0. The molecular weight excluding hydrogens is 140 g/mol. The van der Waals surface area contributed by atoms with Gasteiger partial charge in [-0.3, -0.25) is 4.79 Å². The van der Waals surface area contributed by atoms with Crippen molar-refractivity contribution >= 4 is 5.91 Å². The molecule has 0 radical (unpaired) electrons. The third kappa shape index (κ3) is 1.13. The lowest BCUT2D eigenvalue weighted by atomic mass is 10.1. The van der Waals surface area contributed by atoms with Crippen molar-refractivity contribution in [1.82, 2.24) is 4.90 Å². The summed E-state index contributed by atoms with van der Waals surface area (Å²) in [5.74, 6) is 0.119. The van der Waals surface area contributed by atoms with Gasteiger partial charge < -0.3 is 10.6 Å². The van der Waals surface area contributed by atoms with E-state index in [2.05, 4.69) is 0 Å². The van der Waals surface area contributed by atoms with Crippen LogP contribution in [-0.4, -0.2) is 30.4 Å². The van der Waals surface area contributed by atoms with Crippen LogP contribution < -0.4 is 5.73 Å². The van der Waals surface area contributed by atoms with Crippen molar-refractivity contribution in [2.45, 2.75) is 19.3 Å².